The summed E-state index contributed by atoms with van der Waals surface area (Å²) in [4.78, 5) is 35.8. The number of rotatable bonds is 7. The first-order chi connectivity index (χ1) is 15.6. The first kappa shape index (κ1) is 21.8. The Morgan fingerprint density at radius 2 is 1.59 bits per heavy atom. The zero-order valence-corrected chi connectivity index (χ0v) is 18.2. The third kappa shape index (κ3) is 5.23. The number of anilines is 1. The van der Waals surface area contributed by atoms with Gasteiger partial charge in [0.1, 0.15) is 0 Å². The number of aromatic amines is 1. The molecule has 2 heterocycles. The van der Waals surface area contributed by atoms with Crippen molar-refractivity contribution in [2.45, 2.75) is 19.4 Å². The van der Waals surface area contributed by atoms with Crippen LogP contribution in [-0.2, 0) is 16.0 Å². The maximum Gasteiger partial charge on any atom is 0.311 e. The molecular formula is C25H28N4O3. The molecule has 0 saturated carbocycles. The number of ether oxygens (including phenoxy) is 1. The largest absolute Gasteiger partial charge is 0.466 e. The minimum atomic E-state index is -0.380. The zero-order chi connectivity index (χ0) is 22.3. The van der Waals surface area contributed by atoms with Crippen molar-refractivity contribution < 1.29 is 9.53 Å². The number of H-pyrrole nitrogens is 1. The van der Waals surface area contributed by atoms with Crippen LogP contribution >= 0.6 is 0 Å². The summed E-state index contributed by atoms with van der Waals surface area (Å²) in [6.07, 6.45) is -0.00515. The summed E-state index contributed by atoms with van der Waals surface area (Å²) in [7, 11) is 0. The summed E-state index contributed by atoms with van der Waals surface area (Å²) in [5.74, 6) is 0.127. The molecule has 0 amide bonds. The number of esters is 1. The van der Waals surface area contributed by atoms with Gasteiger partial charge in [0.15, 0.2) is 0 Å². The van der Waals surface area contributed by atoms with Crippen LogP contribution in [0.3, 0.4) is 0 Å². The van der Waals surface area contributed by atoms with Crippen LogP contribution in [-0.4, -0.2) is 53.6 Å². The number of piperazine rings is 1. The van der Waals surface area contributed by atoms with E-state index in [4.69, 9.17) is 4.74 Å². The summed E-state index contributed by atoms with van der Waals surface area (Å²) in [6, 6.07) is 22.6. The molecule has 4 rings (SSSR count). The summed E-state index contributed by atoms with van der Waals surface area (Å²) >= 11 is 0. The molecule has 1 fully saturated rings. The standard InChI is InChI=1S/C25H28N4O3/c1-2-32-23(31)18-21-17-22(30)27-25(26-21)29-15-13-28(14-16-29)24(19-9-5-3-6-10-19)20-11-7-4-8-12-20/h3-12,17,24H,2,13-16,18H2,1H3,(H,26,27,30). The van der Waals surface area contributed by atoms with Gasteiger partial charge in [0, 0.05) is 32.2 Å². The second-order valence-electron chi connectivity index (χ2n) is 7.79. The van der Waals surface area contributed by atoms with Crippen LogP contribution in [0.2, 0.25) is 0 Å². The van der Waals surface area contributed by atoms with E-state index in [2.05, 4.69) is 68.3 Å². The van der Waals surface area contributed by atoms with Crippen LogP contribution in [0.5, 0.6) is 0 Å². The van der Waals surface area contributed by atoms with E-state index in [0.29, 0.717) is 18.2 Å². The molecule has 1 aliphatic rings. The zero-order valence-electron chi connectivity index (χ0n) is 18.2. The van der Waals surface area contributed by atoms with Crippen molar-refractivity contribution in [1.29, 1.82) is 0 Å². The second kappa shape index (κ2) is 10.2. The van der Waals surface area contributed by atoms with Crippen LogP contribution in [0.15, 0.2) is 71.5 Å². The van der Waals surface area contributed by atoms with Crippen LogP contribution in [0.25, 0.3) is 0 Å². The third-order valence-electron chi connectivity index (χ3n) is 5.62. The molecule has 166 valence electrons. The van der Waals surface area contributed by atoms with Gasteiger partial charge in [0.2, 0.25) is 5.95 Å². The summed E-state index contributed by atoms with van der Waals surface area (Å²) in [5, 5.41) is 0. The Bertz CT molecular complexity index is 1040. The number of aromatic nitrogens is 2. The van der Waals surface area contributed by atoms with Crippen molar-refractivity contribution >= 4 is 11.9 Å². The molecule has 7 heteroatoms. The van der Waals surface area contributed by atoms with E-state index in [0.717, 1.165) is 26.2 Å². The molecule has 1 aliphatic heterocycles. The lowest BCUT2D eigenvalue weighted by molar-refractivity contribution is -0.142. The average Bonchev–Trinajstić information content (AvgIpc) is 2.81. The van der Waals surface area contributed by atoms with Crippen molar-refractivity contribution in [3.63, 3.8) is 0 Å². The van der Waals surface area contributed by atoms with E-state index in [-0.39, 0.29) is 24.0 Å². The van der Waals surface area contributed by atoms with Gasteiger partial charge in [-0.2, -0.15) is 0 Å². The van der Waals surface area contributed by atoms with Gasteiger partial charge in [-0.15, -0.1) is 0 Å². The highest BCUT2D eigenvalue weighted by molar-refractivity contribution is 5.72. The number of hydrogen-bond donors (Lipinski definition) is 1. The Kier molecular flexibility index (Phi) is 6.97. The number of nitrogens with one attached hydrogen (secondary N) is 1. The molecule has 1 aromatic heterocycles. The van der Waals surface area contributed by atoms with Crippen LogP contribution in [0, 0.1) is 0 Å². The highest BCUT2D eigenvalue weighted by atomic mass is 16.5. The summed E-state index contributed by atoms with van der Waals surface area (Å²) in [5.41, 5.74) is 2.68. The number of hydrogen-bond acceptors (Lipinski definition) is 6. The topological polar surface area (TPSA) is 78.5 Å². The van der Waals surface area contributed by atoms with E-state index >= 15 is 0 Å². The highest BCUT2D eigenvalue weighted by Crippen LogP contribution is 2.29. The first-order valence-electron chi connectivity index (χ1n) is 11.0. The fraction of sp³-hybridized carbons (Fsp3) is 0.320. The molecule has 3 aromatic rings. The smallest absolute Gasteiger partial charge is 0.311 e. The Balaban J connectivity index is 1.50. The normalized spacial score (nSPS) is 14.5. The molecule has 1 N–H and O–H groups in total. The van der Waals surface area contributed by atoms with Crippen molar-refractivity contribution in [3.8, 4) is 0 Å². The van der Waals surface area contributed by atoms with Gasteiger partial charge in [-0.25, -0.2) is 4.98 Å². The quantitative estimate of drug-likeness (QED) is 0.579. The van der Waals surface area contributed by atoms with Gasteiger partial charge in [0.25, 0.3) is 5.56 Å². The molecule has 2 aromatic carbocycles. The number of nitrogens with zero attached hydrogens (tertiary/aromatic N) is 3. The molecule has 0 spiro atoms. The average molecular weight is 433 g/mol. The lowest BCUT2D eigenvalue weighted by Gasteiger charge is -2.40. The Hall–Kier alpha value is -3.45. The molecule has 0 radical (unpaired) electrons. The molecule has 7 nitrogen and oxygen atoms in total. The van der Waals surface area contributed by atoms with E-state index in [1.807, 2.05) is 12.1 Å². The fourth-order valence-corrected chi connectivity index (χ4v) is 4.17. The van der Waals surface area contributed by atoms with Gasteiger partial charge in [-0.1, -0.05) is 60.7 Å². The van der Waals surface area contributed by atoms with E-state index in [1.165, 1.54) is 17.2 Å². The van der Waals surface area contributed by atoms with Crippen molar-refractivity contribution in [3.05, 3.63) is 93.9 Å². The molecule has 0 aliphatic carbocycles. The minimum absolute atomic E-state index is 0.00515. The van der Waals surface area contributed by atoms with Gasteiger partial charge in [-0.05, 0) is 18.1 Å². The predicted octanol–water partition coefficient (Wildman–Crippen LogP) is 2.79. The van der Waals surface area contributed by atoms with E-state index < -0.39 is 0 Å². The highest BCUT2D eigenvalue weighted by Gasteiger charge is 2.27. The monoisotopic (exact) mass is 432 g/mol. The summed E-state index contributed by atoms with van der Waals surface area (Å²) in [6.45, 7) is 5.15. The molecular weight excluding hydrogens is 404 g/mol. The molecule has 0 unspecified atom stereocenters. The van der Waals surface area contributed by atoms with Gasteiger partial charge in [-0.3, -0.25) is 19.5 Å². The van der Waals surface area contributed by atoms with Crippen molar-refractivity contribution in [2.24, 2.45) is 0 Å². The van der Waals surface area contributed by atoms with Crippen molar-refractivity contribution in [1.82, 2.24) is 14.9 Å². The Morgan fingerprint density at radius 1 is 1.00 bits per heavy atom. The predicted molar refractivity (Wildman–Crippen MR) is 124 cm³/mol. The van der Waals surface area contributed by atoms with Gasteiger partial charge in [0.05, 0.1) is 24.8 Å². The Morgan fingerprint density at radius 3 is 2.16 bits per heavy atom. The number of benzene rings is 2. The molecule has 1 saturated heterocycles. The lowest BCUT2D eigenvalue weighted by Crippen LogP contribution is -2.48. The van der Waals surface area contributed by atoms with Crippen molar-refractivity contribution in [2.75, 3.05) is 37.7 Å². The van der Waals surface area contributed by atoms with E-state index in [1.54, 1.807) is 6.92 Å². The maximum absolute atomic E-state index is 12.2. The Labute approximate surface area is 187 Å². The number of carbonyl (C=O) groups is 1. The van der Waals surface area contributed by atoms with Crippen LogP contribution in [0.1, 0.15) is 29.8 Å². The van der Waals surface area contributed by atoms with Gasteiger partial charge >= 0.3 is 5.97 Å². The first-order valence-corrected chi connectivity index (χ1v) is 11.0. The number of carbonyl (C=O) groups excluding carboxylic acids is 1. The van der Waals surface area contributed by atoms with Crippen LogP contribution in [0.4, 0.5) is 5.95 Å². The van der Waals surface area contributed by atoms with Gasteiger partial charge < -0.3 is 9.64 Å². The van der Waals surface area contributed by atoms with E-state index in [9.17, 15) is 9.59 Å². The molecule has 0 bridgehead atoms. The third-order valence-corrected chi connectivity index (χ3v) is 5.62. The summed E-state index contributed by atoms with van der Waals surface area (Å²) < 4.78 is 4.98. The second-order valence-corrected chi connectivity index (χ2v) is 7.79. The molecule has 0 atom stereocenters. The maximum atomic E-state index is 12.2. The minimum Gasteiger partial charge on any atom is -0.466 e. The van der Waals surface area contributed by atoms with Crippen LogP contribution < -0.4 is 10.5 Å². The fourth-order valence-electron chi connectivity index (χ4n) is 4.17. The SMILES string of the molecule is CCOC(=O)Cc1cc(=O)[nH]c(N2CCN(C(c3ccccc3)c3ccccc3)CC2)n1. The molecule has 32 heavy (non-hydrogen) atoms. The lowest BCUT2D eigenvalue weighted by atomic mass is 9.96.